The summed E-state index contributed by atoms with van der Waals surface area (Å²) in [4.78, 5) is 13.9. The first-order chi connectivity index (χ1) is 8.18. The van der Waals surface area contributed by atoms with Crippen molar-refractivity contribution < 1.29 is 9.18 Å². The van der Waals surface area contributed by atoms with E-state index < -0.39 is 0 Å². The molecular weight excluding hydrogens is 219 g/mol. The van der Waals surface area contributed by atoms with Crippen LogP contribution in [0.5, 0.6) is 0 Å². The zero-order valence-electron chi connectivity index (χ0n) is 10.0. The summed E-state index contributed by atoms with van der Waals surface area (Å²) in [6.45, 7) is 4.86. The molecule has 92 valence electrons. The molecule has 1 heterocycles. The number of halogens is 1. The zero-order chi connectivity index (χ0) is 12.3. The van der Waals surface area contributed by atoms with Crippen LogP contribution in [0.4, 0.5) is 4.39 Å². The summed E-state index contributed by atoms with van der Waals surface area (Å²) in [5.74, 6) is -0.392. The zero-order valence-corrected chi connectivity index (χ0v) is 10.0. The Morgan fingerprint density at radius 3 is 2.94 bits per heavy atom. The van der Waals surface area contributed by atoms with Gasteiger partial charge in [-0.3, -0.25) is 4.79 Å². The Labute approximate surface area is 101 Å². The van der Waals surface area contributed by atoms with E-state index in [4.69, 9.17) is 0 Å². The lowest BCUT2D eigenvalue weighted by Gasteiger charge is -2.20. The largest absolute Gasteiger partial charge is 0.337 e. The van der Waals surface area contributed by atoms with E-state index >= 15 is 0 Å². The quantitative estimate of drug-likeness (QED) is 0.802. The van der Waals surface area contributed by atoms with Gasteiger partial charge in [0, 0.05) is 25.2 Å². The van der Waals surface area contributed by atoms with Crippen molar-refractivity contribution in [3.05, 3.63) is 35.1 Å². The summed E-state index contributed by atoms with van der Waals surface area (Å²) in [5, 5.41) is 3.24. The van der Waals surface area contributed by atoms with Crippen molar-refractivity contribution in [2.24, 2.45) is 0 Å². The van der Waals surface area contributed by atoms with E-state index in [-0.39, 0.29) is 11.7 Å². The number of nitrogens with one attached hydrogen (secondary N) is 1. The summed E-state index contributed by atoms with van der Waals surface area (Å²) < 4.78 is 13.4. The van der Waals surface area contributed by atoms with E-state index in [2.05, 4.69) is 5.32 Å². The summed E-state index contributed by atoms with van der Waals surface area (Å²) in [5.41, 5.74) is 1.01. The Bertz CT molecular complexity index is 412. The predicted octanol–water partition coefficient (Wildman–Crippen LogP) is 1.57. The van der Waals surface area contributed by atoms with Crippen molar-refractivity contribution in [3.63, 3.8) is 0 Å². The molecule has 3 nitrogen and oxygen atoms in total. The molecule has 0 radical (unpaired) electrons. The average molecular weight is 236 g/mol. The lowest BCUT2D eigenvalue weighted by atomic mass is 10.1. The van der Waals surface area contributed by atoms with Crippen molar-refractivity contribution in [1.29, 1.82) is 0 Å². The van der Waals surface area contributed by atoms with Gasteiger partial charge in [0.1, 0.15) is 5.82 Å². The first-order valence-electron chi connectivity index (χ1n) is 5.94. The maximum Gasteiger partial charge on any atom is 0.254 e. The van der Waals surface area contributed by atoms with E-state index in [9.17, 15) is 9.18 Å². The van der Waals surface area contributed by atoms with Gasteiger partial charge in [0.2, 0.25) is 0 Å². The fourth-order valence-electron chi connectivity index (χ4n) is 1.96. The van der Waals surface area contributed by atoms with Crippen molar-refractivity contribution in [2.45, 2.75) is 13.3 Å². The van der Waals surface area contributed by atoms with Gasteiger partial charge in [-0.1, -0.05) is 6.07 Å². The summed E-state index contributed by atoms with van der Waals surface area (Å²) in [7, 11) is 0. The van der Waals surface area contributed by atoms with Gasteiger partial charge in [0.05, 0.1) is 0 Å². The molecule has 17 heavy (non-hydrogen) atoms. The van der Waals surface area contributed by atoms with Crippen LogP contribution in [0.15, 0.2) is 18.2 Å². The van der Waals surface area contributed by atoms with Gasteiger partial charge in [0.15, 0.2) is 0 Å². The predicted molar refractivity (Wildman–Crippen MR) is 64.5 cm³/mol. The highest BCUT2D eigenvalue weighted by atomic mass is 19.1. The van der Waals surface area contributed by atoms with Gasteiger partial charge in [-0.25, -0.2) is 4.39 Å². The number of carbonyl (C=O) groups excluding carboxylic acids is 1. The summed E-state index contributed by atoms with van der Waals surface area (Å²) in [6.07, 6.45) is 0.945. The van der Waals surface area contributed by atoms with Gasteiger partial charge >= 0.3 is 0 Å². The monoisotopic (exact) mass is 236 g/mol. The maximum absolute atomic E-state index is 13.4. The lowest BCUT2D eigenvalue weighted by Crippen LogP contribution is -2.34. The SMILES string of the molecule is Cc1ccc(C(=O)N2CCCNCC2)cc1F. The highest BCUT2D eigenvalue weighted by molar-refractivity contribution is 5.94. The van der Waals surface area contributed by atoms with Gasteiger partial charge in [-0.05, 0) is 37.6 Å². The number of hydrogen-bond acceptors (Lipinski definition) is 2. The normalized spacial score (nSPS) is 16.7. The van der Waals surface area contributed by atoms with E-state index in [1.807, 2.05) is 0 Å². The molecule has 4 heteroatoms. The number of rotatable bonds is 1. The average Bonchev–Trinajstić information content (AvgIpc) is 2.60. The van der Waals surface area contributed by atoms with Crippen molar-refractivity contribution in [1.82, 2.24) is 10.2 Å². The number of nitrogens with zero attached hydrogens (tertiary/aromatic N) is 1. The minimum Gasteiger partial charge on any atom is -0.337 e. The minimum absolute atomic E-state index is 0.0763. The van der Waals surface area contributed by atoms with Crippen LogP contribution in [-0.4, -0.2) is 37.0 Å². The Morgan fingerprint density at radius 2 is 2.18 bits per heavy atom. The molecule has 1 amide bonds. The van der Waals surface area contributed by atoms with E-state index in [0.717, 1.165) is 26.1 Å². The second-order valence-corrected chi connectivity index (χ2v) is 4.36. The second-order valence-electron chi connectivity index (χ2n) is 4.36. The number of carbonyl (C=O) groups is 1. The Morgan fingerprint density at radius 1 is 1.35 bits per heavy atom. The lowest BCUT2D eigenvalue weighted by molar-refractivity contribution is 0.0766. The topological polar surface area (TPSA) is 32.3 Å². The molecule has 1 saturated heterocycles. The smallest absolute Gasteiger partial charge is 0.254 e. The Balaban J connectivity index is 2.14. The van der Waals surface area contributed by atoms with Crippen LogP contribution < -0.4 is 5.32 Å². The van der Waals surface area contributed by atoms with Crippen molar-refractivity contribution in [3.8, 4) is 0 Å². The van der Waals surface area contributed by atoms with Gasteiger partial charge < -0.3 is 10.2 Å². The van der Waals surface area contributed by atoms with Crippen LogP contribution in [0.2, 0.25) is 0 Å². The van der Waals surface area contributed by atoms with E-state index in [1.165, 1.54) is 6.07 Å². The van der Waals surface area contributed by atoms with Gasteiger partial charge in [0.25, 0.3) is 5.91 Å². The highest BCUT2D eigenvalue weighted by Crippen LogP contribution is 2.12. The fourth-order valence-corrected chi connectivity index (χ4v) is 1.96. The molecule has 1 aliphatic rings. The molecule has 0 bridgehead atoms. The van der Waals surface area contributed by atoms with Crippen LogP contribution in [0, 0.1) is 12.7 Å². The maximum atomic E-state index is 13.4. The fraction of sp³-hybridized carbons (Fsp3) is 0.462. The summed E-state index contributed by atoms with van der Waals surface area (Å²) in [6, 6.07) is 4.67. The van der Waals surface area contributed by atoms with Crippen LogP contribution in [0.1, 0.15) is 22.3 Å². The molecule has 1 aromatic rings. The first-order valence-corrected chi connectivity index (χ1v) is 5.94. The van der Waals surface area contributed by atoms with Crippen LogP contribution in [-0.2, 0) is 0 Å². The van der Waals surface area contributed by atoms with Crippen molar-refractivity contribution >= 4 is 5.91 Å². The van der Waals surface area contributed by atoms with Crippen LogP contribution in [0.3, 0.4) is 0 Å². The van der Waals surface area contributed by atoms with Gasteiger partial charge in [-0.15, -0.1) is 0 Å². The minimum atomic E-state index is -0.316. The molecule has 1 aromatic carbocycles. The Hall–Kier alpha value is -1.42. The molecule has 0 aliphatic carbocycles. The highest BCUT2D eigenvalue weighted by Gasteiger charge is 2.17. The molecule has 2 rings (SSSR count). The number of benzene rings is 1. The molecule has 0 spiro atoms. The van der Waals surface area contributed by atoms with E-state index in [0.29, 0.717) is 17.7 Å². The third-order valence-corrected chi connectivity index (χ3v) is 3.05. The molecule has 1 N–H and O–H groups in total. The number of hydrogen-bond donors (Lipinski definition) is 1. The Kier molecular flexibility index (Phi) is 3.74. The van der Waals surface area contributed by atoms with Crippen LogP contribution >= 0.6 is 0 Å². The van der Waals surface area contributed by atoms with E-state index in [1.54, 1.807) is 24.0 Å². The van der Waals surface area contributed by atoms with Gasteiger partial charge in [-0.2, -0.15) is 0 Å². The molecule has 0 atom stereocenters. The molecule has 1 fully saturated rings. The molecule has 0 unspecified atom stereocenters. The molecule has 0 aromatic heterocycles. The molecule has 1 aliphatic heterocycles. The third-order valence-electron chi connectivity index (χ3n) is 3.05. The molecule has 0 saturated carbocycles. The summed E-state index contributed by atoms with van der Waals surface area (Å²) >= 11 is 0. The van der Waals surface area contributed by atoms with Crippen molar-refractivity contribution in [2.75, 3.05) is 26.2 Å². The van der Waals surface area contributed by atoms with Crippen LogP contribution in [0.25, 0.3) is 0 Å². The second kappa shape index (κ2) is 5.27. The number of amides is 1. The standard InChI is InChI=1S/C13H17FN2O/c1-10-3-4-11(9-12(10)14)13(17)16-7-2-5-15-6-8-16/h3-4,9,15H,2,5-8H2,1H3. The first kappa shape index (κ1) is 12.0. The third kappa shape index (κ3) is 2.82. The molecular formula is C13H17FN2O. The number of aryl methyl sites for hydroxylation is 1.